The van der Waals surface area contributed by atoms with Crippen LogP contribution in [0.1, 0.15) is 11.1 Å². The average Bonchev–Trinajstić information content (AvgIpc) is 2.67. The smallest absolute Gasteiger partial charge is 0.419 e. The van der Waals surface area contributed by atoms with Crippen molar-refractivity contribution >= 4 is 11.5 Å². The lowest BCUT2D eigenvalue weighted by molar-refractivity contribution is -0.139. The molecule has 2 aromatic carbocycles. The van der Waals surface area contributed by atoms with Gasteiger partial charge in [0.15, 0.2) is 0 Å². The van der Waals surface area contributed by atoms with E-state index in [-0.39, 0.29) is 17.4 Å². The van der Waals surface area contributed by atoms with Crippen LogP contribution in [0.2, 0.25) is 0 Å². The zero-order valence-corrected chi connectivity index (χ0v) is 14.8. The first-order valence-electron chi connectivity index (χ1n) is 8.13. The highest BCUT2D eigenvalue weighted by atomic mass is 19.4. The van der Waals surface area contributed by atoms with Crippen molar-refractivity contribution in [3.63, 3.8) is 0 Å². The van der Waals surface area contributed by atoms with Gasteiger partial charge in [0.05, 0.1) is 11.1 Å². The van der Waals surface area contributed by atoms with E-state index >= 15 is 0 Å². The van der Waals surface area contributed by atoms with Gasteiger partial charge in [-0.1, -0.05) is 18.2 Å². The number of para-hydroxylation sites is 1. The van der Waals surface area contributed by atoms with Crippen molar-refractivity contribution in [2.45, 2.75) is 12.4 Å². The molecule has 29 heavy (non-hydrogen) atoms. The first-order chi connectivity index (χ1) is 13.6. The van der Waals surface area contributed by atoms with Crippen molar-refractivity contribution in [3.8, 4) is 11.6 Å². The Kier molecular flexibility index (Phi) is 5.36. The molecule has 0 unspecified atom stereocenters. The molecular weight excluding hydrogens is 400 g/mol. The Hall–Kier alpha value is -3.30. The summed E-state index contributed by atoms with van der Waals surface area (Å²) in [5.41, 5.74) is -1.64. The van der Waals surface area contributed by atoms with Crippen LogP contribution in [0.25, 0.3) is 0 Å². The molecule has 0 aliphatic carbocycles. The maximum Gasteiger partial charge on any atom is 0.419 e. The molecule has 0 bridgehead atoms. The van der Waals surface area contributed by atoms with Gasteiger partial charge in [0.1, 0.15) is 17.9 Å². The molecule has 0 atom stereocenters. The van der Waals surface area contributed by atoms with Crippen LogP contribution in [-0.2, 0) is 12.4 Å². The van der Waals surface area contributed by atoms with Crippen LogP contribution in [0.15, 0.2) is 60.9 Å². The Balaban J connectivity index is 1.90. The minimum Gasteiger partial charge on any atom is -0.438 e. The molecule has 10 heteroatoms. The van der Waals surface area contributed by atoms with Crippen LogP contribution in [0.3, 0.4) is 0 Å². The standard InChI is InChI=1S/C19H13F6N3O/c1-28(13-6-4-5-12(9-13)18(20,21)22)16-10-17(27-11-26-16)29-15-8-3-2-7-14(15)19(23,24)25/h2-11H,1H3. The summed E-state index contributed by atoms with van der Waals surface area (Å²) < 4.78 is 83.3. The second-order valence-electron chi connectivity index (χ2n) is 5.92. The Bertz CT molecular complexity index is 1000. The van der Waals surface area contributed by atoms with Crippen molar-refractivity contribution < 1.29 is 31.1 Å². The lowest BCUT2D eigenvalue weighted by atomic mass is 10.2. The van der Waals surface area contributed by atoms with Gasteiger partial charge in [-0.25, -0.2) is 9.97 Å². The van der Waals surface area contributed by atoms with Gasteiger partial charge < -0.3 is 9.64 Å². The summed E-state index contributed by atoms with van der Waals surface area (Å²) in [6.45, 7) is 0. The second kappa shape index (κ2) is 7.61. The second-order valence-corrected chi connectivity index (χ2v) is 5.92. The largest absolute Gasteiger partial charge is 0.438 e. The number of anilines is 2. The summed E-state index contributed by atoms with van der Waals surface area (Å²) in [4.78, 5) is 9.07. The van der Waals surface area contributed by atoms with Gasteiger partial charge in [0, 0.05) is 18.8 Å². The van der Waals surface area contributed by atoms with E-state index in [1.807, 2.05) is 0 Å². The third-order valence-corrected chi connectivity index (χ3v) is 3.94. The fraction of sp³-hybridized carbons (Fsp3) is 0.158. The third-order valence-electron chi connectivity index (χ3n) is 3.94. The molecule has 152 valence electrons. The van der Waals surface area contributed by atoms with Gasteiger partial charge >= 0.3 is 12.4 Å². The Morgan fingerprint density at radius 3 is 2.24 bits per heavy atom. The van der Waals surface area contributed by atoms with E-state index < -0.39 is 29.2 Å². The zero-order valence-electron chi connectivity index (χ0n) is 14.8. The summed E-state index contributed by atoms with van der Waals surface area (Å²) in [5, 5.41) is 0. The summed E-state index contributed by atoms with van der Waals surface area (Å²) in [6, 6.07) is 10.4. The maximum atomic E-state index is 13.1. The molecule has 0 aliphatic heterocycles. The van der Waals surface area contributed by atoms with Crippen molar-refractivity contribution in [3.05, 3.63) is 72.1 Å². The molecule has 3 rings (SSSR count). The normalized spacial score (nSPS) is 12.0. The predicted octanol–water partition coefficient (Wildman–Crippen LogP) is 6.07. The van der Waals surface area contributed by atoms with E-state index in [4.69, 9.17) is 4.74 Å². The number of alkyl halides is 6. The zero-order chi connectivity index (χ0) is 21.2. The number of halogens is 6. The lowest BCUT2D eigenvalue weighted by Crippen LogP contribution is -2.13. The van der Waals surface area contributed by atoms with E-state index in [9.17, 15) is 26.3 Å². The van der Waals surface area contributed by atoms with Crippen LogP contribution in [0, 0.1) is 0 Å². The topological polar surface area (TPSA) is 38.2 Å². The van der Waals surface area contributed by atoms with Gasteiger partial charge in [-0.05, 0) is 30.3 Å². The molecule has 0 N–H and O–H groups in total. The Morgan fingerprint density at radius 2 is 1.55 bits per heavy atom. The highest BCUT2D eigenvalue weighted by Gasteiger charge is 2.34. The molecule has 0 amide bonds. The summed E-state index contributed by atoms with van der Waals surface area (Å²) >= 11 is 0. The fourth-order valence-electron chi connectivity index (χ4n) is 2.49. The Labute approximate surface area is 161 Å². The van der Waals surface area contributed by atoms with Crippen LogP contribution in [0.5, 0.6) is 11.6 Å². The van der Waals surface area contributed by atoms with E-state index in [2.05, 4.69) is 9.97 Å². The summed E-state index contributed by atoms with van der Waals surface area (Å²) in [5.74, 6) is -0.504. The quantitative estimate of drug-likeness (QED) is 0.487. The molecule has 0 saturated carbocycles. The molecule has 0 spiro atoms. The van der Waals surface area contributed by atoms with E-state index in [0.717, 1.165) is 30.6 Å². The molecule has 3 aromatic rings. The van der Waals surface area contributed by atoms with Gasteiger partial charge in [-0.15, -0.1) is 0 Å². The molecule has 1 heterocycles. The summed E-state index contributed by atoms with van der Waals surface area (Å²) in [6.07, 6.45) is -8.09. The van der Waals surface area contributed by atoms with E-state index in [1.165, 1.54) is 42.3 Å². The van der Waals surface area contributed by atoms with Crippen LogP contribution in [0.4, 0.5) is 37.8 Å². The molecule has 0 aliphatic rings. The number of hydrogen-bond acceptors (Lipinski definition) is 4. The maximum absolute atomic E-state index is 13.1. The molecular formula is C19H13F6N3O. The first-order valence-corrected chi connectivity index (χ1v) is 8.13. The number of ether oxygens (including phenoxy) is 1. The predicted molar refractivity (Wildman–Crippen MR) is 93.1 cm³/mol. The number of benzene rings is 2. The highest BCUT2D eigenvalue weighted by molar-refractivity contribution is 5.60. The SMILES string of the molecule is CN(c1cccc(C(F)(F)F)c1)c1cc(Oc2ccccc2C(F)(F)F)ncn1. The van der Waals surface area contributed by atoms with Gasteiger partial charge in [-0.2, -0.15) is 26.3 Å². The molecule has 0 fully saturated rings. The minimum atomic E-state index is -4.62. The first kappa shape index (κ1) is 20.4. The molecule has 0 radical (unpaired) electrons. The highest BCUT2D eigenvalue weighted by Crippen LogP contribution is 2.38. The number of rotatable bonds is 4. The summed E-state index contributed by atoms with van der Waals surface area (Å²) in [7, 11) is 1.46. The minimum absolute atomic E-state index is 0.138. The molecule has 4 nitrogen and oxygen atoms in total. The molecule has 0 saturated heterocycles. The fourth-order valence-corrected chi connectivity index (χ4v) is 2.49. The number of hydrogen-bond donors (Lipinski definition) is 0. The average molecular weight is 413 g/mol. The number of nitrogens with zero attached hydrogens (tertiary/aromatic N) is 3. The van der Waals surface area contributed by atoms with Crippen molar-refractivity contribution in [2.75, 3.05) is 11.9 Å². The van der Waals surface area contributed by atoms with Crippen LogP contribution in [-0.4, -0.2) is 17.0 Å². The van der Waals surface area contributed by atoms with Crippen molar-refractivity contribution in [1.29, 1.82) is 0 Å². The van der Waals surface area contributed by atoms with E-state index in [0.29, 0.717) is 0 Å². The third kappa shape index (κ3) is 4.76. The van der Waals surface area contributed by atoms with Gasteiger partial charge in [-0.3, -0.25) is 0 Å². The van der Waals surface area contributed by atoms with Crippen molar-refractivity contribution in [1.82, 2.24) is 9.97 Å². The van der Waals surface area contributed by atoms with Crippen LogP contribution < -0.4 is 9.64 Å². The molecule has 1 aromatic heterocycles. The van der Waals surface area contributed by atoms with Crippen molar-refractivity contribution in [2.24, 2.45) is 0 Å². The van der Waals surface area contributed by atoms with Crippen LogP contribution >= 0.6 is 0 Å². The monoisotopic (exact) mass is 413 g/mol. The van der Waals surface area contributed by atoms with E-state index in [1.54, 1.807) is 0 Å². The van der Waals surface area contributed by atoms with Gasteiger partial charge in [0.25, 0.3) is 0 Å². The van der Waals surface area contributed by atoms with Gasteiger partial charge in [0.2, 0.25) is 5.88 Å². The number of aromatic nitrogens is 2. The lowest BCUT2D eigenvalue weighted by Gasteiger charge is -2.20. The Morgan fingerprint density at radius 1 is 0.828 bits per heavy atom.